The third kappa shape index (κ3) is 5.92. The fraction of sp³-hybridized carbons (Fsp3) is 0.500. The second kappa shape index (κ2) is 9.65. The van der Waals surface area contributed by atoms with Crippen LogP contribution in [0.25, 0.3) is 0 Å². The molecule has 0 spiro atoms. The van der Waals surface area contributed by atoms with Crippen molar-refractivity contribution in [1.29, 1.82) is 0 Å². The zero-order valence-corrected chi connectivity index (χ0v) is 15.6. The summed E-state index contributed by atoms with van der Waals surface area (Å²) in [5, 5.41) is 0. The average molecular weight is 337 g/mol. The predicted molar refractivity (Wildman–Crippen MR) is 106 cm³/mol. The van der Waals surface area contributed by atoms with Gasteiger partial charge in [0.1, 0.15) is 12.4 Å². The van der Waals surface area contributed by atoms with E-state index in [2.05, 4.69) is 55.5 Å². The van der Waals surface area contributed by atoms with Crippen molar-refractivity contribution in [2.75, 3.05) is 0 Å². The van der Waals surface area contributed by atoms with Crippen LogP contribution < -0.4 is 4.74 Å². The predicted octanol–water partition coefficient (Wildman–Crippen LogP) is 6.80. The average Bonchev–Trinajstić information content (AvgIpc) is 2.67. The molecule has 3 rings (SSSR count). The molecule has 1 fully saturated rings. The van der Waals surface area contributed by atoms with Crippen molar-refractivity contribution in [2.24, 2.45) is 11.8 Å². The summed E-state index contributed by atoms with van der Waals surface area (Å²) >= 11 is 0. The smallest absolute Gasteiger partial charge is 0.122 e. The minimum atomic E-state index is 0.648. The molecule has 25 heavy (non-hydrogen) atoms. The molecule has 2 aromatic rings. The van der Waals surface area contributed by atoms with Gasteiger partial charge in [0.15, 0.2) is 0 Å². The fourth-order valence-corrected chi connectivity index (χ4v) is 4.10. The lowest BCUT2D eigenvalue weighted by atomic mass is 9.82. The Kier molecular flexibility index (Phi) is 6.97. The first-order valence-electron chi connectivity index (χ1n) is 10.1. The standard InChI is InChI=1S/C24H32O/c1-20(18-21-10-4-2-5-11-21)16-17-23-14-8-9-15-24(23)25-19-22-12-6-3-7-13-22/h3,6-9,12-15,20-21H,2,4-5,10-11,16-19H2,1H3. The summed E-state index contributed by atoms with van der Waals surface area (Å²) < 4.78 is 6.11. The van der Waals surface area contributed by atoms with Crippen LogP contribution in [0, 0.1) is 11.8 Å². The summed E-state index contributed by atoms with van der Waals surface area (Å²) in [6.45, 7) is 3.08. The Bertz CT molecular complexity index is 613. The van der Waals surface area contributed by atoms with Crippen LogP contribution in [-0.2, 0) is 13.0 Å². The van der Waals surface area contributed by atoms with Crippen LogP contribution in [0.3, 0.4) is 0 Å². The highest BCUT2D eigenvalue weighted by Crippen LogP contribution is 2.31. The molecule has 0 N–H and O–H groups in total. The van der Waals surface area contributed by atoms with Gasteiger partial charge < -0.3 is 4.74 Å². The molecular formula is C24H32O. The van der Waals surface area contributed by atoms with Gasteiger partial charge in [-0.3, -0.25) is 0 Å². The maximum absolute atomic E-state index is 6.11. The van der Waals surface area contributed by atoms with Crippen LogP contribution in [0.2, 0.25) is 0 Å². The van der Waals surface area contributed by atoms with Crippen molar-refractivity contribution in [3.05, 3.63) is 65.7 Å². The number of hydrogen-bond donors (Lipinski definition) is 0. The molecule has 0 bridgehead atoms. The van der Waals surface area contributed by atoms with E-state index in [0.29, 0.717) is 6.61 Å². The molecule has 0 heterocycles. The molecule has 134 valence electrons. The van der Waals surface area contributed by atoms with E-state index in [1.165, 1.54) is 56.1 Å². The maximum Gasteiger partial charge on any atom is 0.122 e. The molecular weight excluding hydrogens is 304 g/mol. The van der Waals surface area contributed by atoms with E-state index in [9.17, 15) is 0 Å². The van der Waals surface area contributed by atoms with Crippen LogP contribution in [0.15, 0.2) is 54.6 Å². The van der Waals surface area contributed by atoms with Gasteiger partial charge in [0.25, 0.3) is 0 Å². The number of benzene rings is 2. The summed E-state index contributed by atoms with van der Waals surface area (Å²) in [5.74, 6) is 2.84. The molecule has 0 aliphatic heterocycles. The molecule has 1 saturated carbocycles. The Balaban J connectivity index is 1.50. The number of rotatable bonds is 8. The number of aryl methyl sites for hydroxylation is 1. The molecule has 0 aromatic heterocycles. The molecule has 1 atom stereocenters. The molecule has 1 nitrogen and oxygen atoms in total. The van der Waals surface area contributed by atoms with Crippen molar-refractivity contribution in [3.8, 4) is 5.75 Å². The largest absolute Gasteiger partial charge is 0.489 e. The molecule has 0 amide bonds. The van der Waals surface area contributed by atoms with E-state index in [4.69, 9.17) is 4.74 Å². The monoisotopic (exact) mass is 336 g/mol. The first-order valence-corrected chi connectivity index (χ1v) is 10.1. The summed E-state index contributed by atoms with van der Waals surface area (Å²) in [6.07, 6.45) is 11.1. The van der Waals surface area contributed by atoms with E-state index >= 15 is 0 Å². The molecule has 1 heteroatoms. The second-order valence-electron chi connectivity index (χ2n) is 7.77. The topological polar surface area (TPSA) is 9.23 Å². The Morgan fingerprint density at radius 1 is 0.920 bits per heavy atom. The normalized spacial score (nSPS) is 16.5. The van der Waals surface area contributed by atoms with Gasteiger partial charge in [-0.15, -0.1) is 0 Å². The summed E-state index contributed by atoms with van der Waals surface area (Å²) in [6, 6.07) is 19.0. The summed E-state index contributed by atoms with van der Waals surface area (Å²) in [4.78, 5) is 0. The van der Waals surface area contributed by atoms with Crippen molar-refractivity contribution in [2.45, 2.75) is 64.9 Å². The van der Waals surface area contributed by atoms with Gasteiger partial charge in [0.2, 0.25) is 0 Å². The second-order valence-corrected chi connectivity index (χ2v) is 7.77. The van der Waals surface area contributed by atoms with Gasteiger partial charge >= 0.3 is 0 Å². The highest BCUT2D eigenvalue weighted by molar-refractivity contribution is 5.33. The summed E-state index contributed by atoms with van der Waals surface area (Å²) in [7, 11) is 0. The SMILES string of the molecule is CC(CCc1ccccc1OCc1ccccc1)CC1CCCCC1. The van der Waals surface area contributed by atoms with Gasteiger partial charge in [-0.2, -0.15) is 0 Å². The number of para-hydroxylation sites is 1. The minimum absolute atomic E-state index is 0.648. The van der Waals surface area contributed by atoms with Crippen LogP contribution in [0.4, 0.5) is 0 Å². The summed E-state index contributed by atoms with van der Waals surface area (Å²) in [5.41, 5.74) is 2.58. The lowest BCUT2D eigenvalue weighted by molar-refractivity contribution is 0.286. The molecule has 1 aliphatic rings. The first-order chi connectivity index (χ1) is 12.3. The van der Waals surface area contributed by atoms with E-state index in [-0.39, 0.29) is 0 Å². The lowest BCUT2D eigenvalue weighted by Crippen LogP contribution is -2.11. The van der Waals surface area contributed by atoms with Crippen LogP contribution in [-0.4, -0.2) is 0 Å². The lowest BCUT2D eigenvalue weighted by Gasteiger charge is -2.24. The first kappa shape index (κ1) is 18.0. The van der Waals surface area contributed by atoms with Crippen LogP contribution in [0.1, 0.15) is 63.0 Å². The van der Waals surface area contributed by atoms with Crippen LogP contribution >= 0.6 is 0 Å². The molecule has 2 aromatic carbocycles. The molecule has 0 saturated heterocycles. The Morgan fingerprint density at radius 3 is 2.44 bits per heavy atom. The minimum Gasteiger partial charge on any atom is -0.489 e. The van der Waals surface area contributed by atoms with Crippen molar-refractivity contribution < 1.29 is 4.74 Å². The molecule has 0 radical (unpaired) electrons. The third-order valence-corrected chi connectivity index (χ3v) is 5.58. The molecule has 1 unspecified atom stereocenters. The van der Waals surface area contributed by atoms with Crippen molar-refractivity contribution >= 4 is 0 Å². The highest BCUT2D eigenvalue weighted by atomic mass is 16.5. The molecule has 1 aliphatic carbocycles. The zero-order valence-electron chi connectivity index (χ0n) is 15.6. The van der Waals surface area contributed by atoms with E-state index in [0.717, 1.165) is 24.0 Å². The van der Waals surface area contributed by atoms with Gasteiger partial charge in [0.05, 0.1) is 0 Å². The Hall–Kier alpha value is -1.76. The zero-order chi connectivity index (χ0) is 17.3. The quantitative estimate of drug-likeness (QED) is 0.515. The fourth-order valence-electron chi connectivity index (χ4n) is 4.10. The van der Waals surface area contributed by atoms with E-state index in [1.54, 1.807) is 0 Å². The van der Waals surface area contributed by atoms with Crippen LogP contribution in [0.5, 0.6) is 5.75 Å². The van der Waals surface area contributed by atoms with E-state index < -0.39 is 0 Å². The maximum atomic E-state index is 6.11. The highest BCUT2D eigenvalue weighted by Gasteiger charge is 2.16. The number of ether oxygens (including phenoxy) is 1. The third-order valence-electron chi connectivity index (χ3n) is 5.58. The van der Waals surface area contributed by atoms with Gasteiger partial charge in [-0.05, 0) is 48.3 Å². The number of hydrogen-bond acceptors (Lipinski definition) is 1. The van der Waals surface area contributed by atoms with E-state index in [1.807, 2.05) is 6.07 Å². The Labute approximate surface area is 153 Å². The van der Waals surface area contributed by atoms with Crippen molar-refractivity contribution in [3.63, 3.8) is 0 Å². The van der Waals surface area contributed by atoms with Gasteiger partial charge in [-0.25, -0.2) is 0 Å². The van der Waals surface area contributed by atoms with Gasteiger partial charge in [0, 0.05) is 0 Å². The Morgan fingerprint density at radius 2 is 1.64 bits per heavy atom. The van der Waals surface area contributed by atoms with Crippen molar-refractivity contribution in [1.82, 2.24) is 0 Å². The van der Waals surface area contributed by atoms with Gasteiger partial charge in [-0.1, -0.05) is 87.6 Å².